The molecule has 0 aromatic heterocycles. The summed E-state index contributed by atoms with van der Waals surface area (Å²) < 4.78 is 0. The Kier molecular flexibility index (Phi) is 33.3. The molecule has 0 heterocycles. The molecule has 0 unspecified atom stereocenters. The molecule has 0 saturated heterocycles. The van der Waals surface area contributed by atoms with Crippen molar-refractivity contribution in [3.8, 4) is 0 Å². The Hall–Kier alpha value is -0.570. The number of hydrogen-bond acceptors (Lipinski definition) is 2. The third-order valence-electron chi connectivity index (χ3n) is 6.05. The molecule has 3 nitrogen and oxygen atoms in total. The highest BCUT2D eigenvalue weighted by molar-refractivity contribution is 5.66. The number of hydrogen-bond donors (Lipinski definition) is 2. The largest absolute Gasteiger partial charge is 0.481 e. The third kappa shape index (κ3) is 37.1. The van der Waals surface area contributed by atoms with Gasteiger partial charge in [-0.05, 0) is 19.4 Å². The quantitative estimate of drug-likeness (QED) is 0.147. The van der Waals surface area contributed by atoms with Crippen LogP contribution in [0, 0.1) is 0 Å². The van der Waals surface area contributed by atoms with Gasteiger partial charge in [0.15, 0.2) is 0 Å². The van der Waals surface area contributed by atoms with Gasteiger partial charge in [0.2, 0.25) is 0 Å². The summed E-state index contributed by atoms with van der Waals surface area (Å²) in [6, 6.07) is 0. The molecule has 0 bridgehead atoms. The van der Waals surface area contributed by atoms with E-state index < -0.39 is 5.97 Å². The van der Waals surface area contributed by atoms with Crippen LogP contribution in [0.5, 0.6) is 0 Å². The van der Waals surface area contributed by atoms with Crippen molar-refractivity contribution in [1.29, 1.82) is 0 Å². The average molecular weight is 442 g/mol. The van der Waals surface area contributed by atoms with E-state index in [1.54, 1.807) is 0 Å². The summed E-state index contributed by atoms with van der Waals surface area (Å²) in [6.07, 6.45) is 31.2. The predicted octanol–water partition coefficient (Wildman–Crippen LogP) is 9.42. The van der Waals surface area contributed by atoms with E-state index in [-0.39, 0.29) is 0 Å². The number of carboxylic acids is 1. The van der Waals surface area contributed by atoms with Crippen LogP contribution >= 0.6 is 0 Å². The van der Waals surface area contributed by atoms with Crippen molar-refractivity contribution in [2.24, 2.45) is 5.73 Å². The fourth-order valence-electron chi connectivity index (χ4n) is 3.93. The van der Waals surface area contributed by atoms with E-state index in [9.17, 15) is 4.79 Å². The van der Waals surface area contributed by atoms with E-state index in [1.807, 2.05) is 0 Å². The van der Waals surface area contributed by atoms with Gasteiger partial charge >= 0.3 is 5.97 Å². The Morgan fingerprint density at radius 1 is 0.484 bits per heavy atom. The van der Waals surface area contributed by atoms with Crippen LogP contribution in [0.3, 0.4) is 0 Å². The molecule has 31 heavy (non-hydrogen) atoms. The fourth-order valence-corrected chi connectivity index (χ4v) is 3.93. The van der Waals surface area contributed by atoms with Gasteiger partial charge in [-0.15, -0.1) is 0 Å². The normalized spacial score (nSPS) is 10.7. The van der Waals surface area contributed by atoms with E-state index in [0.29, 0.717) is 6.42 Å². The second kappa shape index (κ2) is 31.6. The lowest BCUT2D eigenvalue weighted by atomic mass is 10.0. The highest BCUT2D eigenvalue weighted by atomic mass is 16.4. The lowest BCUT2D eigenvalue weighted by Gasteiger charge is -2.03. The average Bonchev–Trinajstić information content (AvgIpc) is 2.76. The molecule has 0 fully saturated rings. The molecular formula is C28H59NO2. The minimum Gasteiger partial charge on any atom is -0.481 e. The van der Waals surface area contributed by atoms with Crippen LogP contribution in [0.1, 0.15) is 168 Å². The van der Waals surface area contributed by atoms with Gasteiger partial charge < -0.3 is 10.8 Å². The zero-order chi connectivity index (χ0) is 23.3. The van der Waals surface area contributed by atoms with Gasteiger partial charge in [0, 0.05) is 6.42 Å². The van der Waals surface area contributed by atoms with Crippen LogP contribution in [-0.4, -0.2) is 17.6 Å². The maximum atomic E-state index is 10.4. The summed E-state index contributed by atoms with van der Waals surface area (Å²) in [5.74, 6) is -0.652. The number of unbranched alkanes of at least 4 members (excludes halogenated alkanes) is 21. The van der Waals surface area contributed by atoms with E-state index >= 15 is 0 Å². The van der Waals surface area contributed by atoms with Crippen molar-refractivity contribution in [3.63, 3.8) is 0 Å². The summed E-state index contributed by atoms with van der Waals surface area (Å²) in [5, 5.41) is 8.54. The van der Waals surface area contributed by atoms with Gasteiger partial charge in [-0.2, -0.15) is 0 Å². The van der Waals surface area contributed by atoms with Gasteiger partial charge in [-0.25, -0.2) is 0 Å². The molecule has 0 radical (unpaired) electrons. The molecule has 0 rings (SSSR count). The van der Waals surface area contributed by atoms with Crippen molar-refractivity contribution in [1.82, 2.24) is 0 Å². The summed E-state index contributed by atoms with van der Waals surface area (Å²) in [5.41, 5.74) is 5.34. The first kappa shape index (κ1) is 32.6. The Balaban J connectivity index is 0. The van der Waals surface area contributed by atoms with Crippen LogP contribution in [-0.2, 0) is 4.79 Å². The number of nitrogens with two attached hydrogens (primary N) is 1. The van der Waals surface area contributed by atoms with Crippen LogP contribution in [0.2, 0.25) is 0 Å². The zero-order valence-electron chi connectivity index (χ0n) is 21.6. The van der Waals surface area contributed by atoms with Crippen LogP contribution in [0.25, 0.3) is 0 Å². The smallest absolute Gasteiger partial charge is 0.303 e. The van der Waals surface area contributed by atoms with Crippen LogP contribution in [0.15, 0.2) is 0 Å². The second-order valence-electron chi connectivity index (χ2n) is 9.36. The van der Waals surface area contributed by atoms with E-state index in [1.165, 1.54) is 135 Å². The van der Waals surface area contributed by atoms with E-state index in [0.717, 1.165) is 19.4 Å². The molecule has 0 aliphatic carbocycles. The van der Waals surface area contributed by atoms with Gasteiger partial charge in [-0.3, -0.25) is 4.79 Å². The molecule has 0 amide bonds. The number of aliphatic carboxylic acids is 1. The minimum atomic E-state index is -0.652. The molecular weight excluding hydrogens is 382 g/mol. The van der Waals surface area contributed by atoms with Crippen molar-refractivity contribution in [2.75, 3.05) is 6.54 Å². The molecule has 0 saturated carbocycles. The predicted molar refractivity (Wildman–Crippen MR) is 139 cm³/mol. The molecule has 0 spiro atoms. The van der Waals surface area contributed by atoms with E-state index in [2.05, 4.69) is 13.8 Å². The maximum Gasteiger partial charge on any atom is 0.303 e. The molecule has 0 aromatic carbocycles. The monoisotopic (exact) mass is 441 g/mol. The number of rotatable bonds is 24. The summed E-state index contributed by atoms with van der Waals surface area (Å²) in [6.45, 7) is 5.38. The Morgan fingerprint density at radius 2 is 0.742 bits per heavy atom. The lowest BCUT2D eigenvalue weighted by Crippen LogP contribution is -1.97. The highest BCUT2D eigenvalue weighted by Crippen LogP contribution is 2.14. The summed E-state index contributed by atoms with van der Waals surface area (Å²) in [7, 11) is 0. The van der Waals surface area contributed by atoms with Crippen molar-refractivity contribution in [3.05, 3.63) is 0 Å². The van der Waals surface area contributed by atoms with Crippen LogP contribution in [0.4, 0.5) is 0 Å². The zero-order valence-corrected chi connectivity index (χ0v) is 21.6. The lowest BCUT2D eigenvalue weighted by molar-refractivity contribution is -0.137. The van der Waals surface area contributed by atoms with Crippen molar-refractivity contribution < 1.29 is 9.90 Å². The number of carbonyl (C=O) groups is 1. The van der Waals surface area contributed by atoms with E-state index in [4.69, 9.17) is 10.8 Å². The van der Waals surface area contributed by atoms with Gasteiger partial charge in [-0.1, -0.05) is 149 Å². The SMILES string of the molecule is CCCCCCCCCCCCCCCCCCCC(=O)O.CCCCCCCCN. The summed E-state index contributed by atoms with van der Waals surface area (Å²) in [4.78, 5) is 10.4. The molecule has 0 aromatic rings. The molecule has 3 heteroatoms. The van der Waals surface area contributed by atoms with Gasteiger partial charge in [0.25, 0.3) is 0 Å². The van der Waals surface area contributed by atoms with Gasteiger partial charge in [0.05, 0.1) is 0 Å². The molecule has 3 N–H and O–H groups in total. The molecule has 0 aliphatic rings. The van der Waals surface area contributed by atoms with Crippen molar-refractivity contribution in [2.45, 2.75) is 168 Å². The van der Waals surface area contributed by atoms with Crippen molar-refractivity contribution >= 4 is 5.97 Å². The number of carboxylic acid groups (broad SMARTS) is 1. The first-order chi connectivity index (χ1) is 15.2. The van der Waals surface area contributed by atoms with Crippen LogP contribution < -0.4 is 5.73 Å². The first-order valence-corrected chi connectivity index (χ1v) is 14.1. The Bertz CT molecular complexity index is 314. The standard InChI is InChI=1S/C20H40O2.C8H19N/c1-2-3-4-5-6-7-8-9-10-11-12-13-14-15-16-17-18-19-20(21)22;1-2-3-4-5-6-7-8-9/h2-19H2,1H3,(H,21,22);2-9H2,1H3. The molecule has 0 atom stereocenters. The third-order valence-corrected chi connectivity index (χ3v) is 6.05. The fraction of sp³-hybridized carbons (Fsp3) is 0.964. The maximum absolute atomic E-state index is 10.4. The summed E-state index contributed by atoms with van der Waals surface area (Å²) >= 11 is 0. The topological polar surface area (TPSA) is 63.3 Å². The Labute approximate surface area is 196 Å². The second-order valence-corrected chi connectivity index (χ2v) is 9.36. The molecule has 0 aliphatic heterocycles. The minimum absolute atomic E-state index is 0.346. The Morgan fingerprint density at radius 3 is 1.00 bits per heavy atom. The highest BCUT2D eigenvalue weighted by Gasteiger charge is 1.97. The first-order valence-electron chi connectivity index (χ1n) is 14.1. The van der Waals surface area contributed by atoms with Gasteiger partial charge in [0.1, 0.15) is 0 Å². The molecule has 188 valence electrons.